The number of carbonyl (C=O) groups is 1. The van der Waals surface area contributed by atoms with Crippen LogP contribution in [0.5, 0.6) is 17.5 Å². The lowest BCUT2D eigenvalue weighted by atomic mass is 9.97. The minimum Gasteiger partial charge on any atom is -0.480 e. The minimum atomic E-state index is -3.75. The Kier molecular flexibility index (Phi) is 8.38. The molecule has 1 aromatic carbocycles. The topological polar surface area (TPSA) is 142 Å². The second-order valence-corrected chi connectivity index (χ2v) is 12.1. The quantitative estimate of drug-likeness (QED) is 0.331. The Morgan fingerprint density at radius 2 is 1.98 bits per heavy atom. The molecular weight excluding hydrogens is 582 g/mol. The van der Waals surface area contributed by atoms with E-state index in [0.29, 0.717) is 47.4 Å². The zero-order valence-electron chi connectivity index (χ0n) is 21.6. The summed E-state index contributed by atoms with van der Waals surface area (Å²) in [4.78, 5) is 32.9. The van der Waals surface area contributed by atoms with Crippen LogP contribution in [-0.2, 0) is 19.8 Å². The second kappa shape index (κ2) is 11.9. The average molecular weight is 608 g/mol. The van der Waals surface area contributed by atoms with Crippen LogP contribution in [0.2, 0.25) is 5.02 Å². The van der Waals surface area contributed by atoms with Gasteiger partial charge in [-0.05, 0) is 25.0 Å². The fraction of sp³-hybridized carbons (Fsp3) is 0.400. The Morgan fingerprint density at radius 1 is 1.20 bits per heavy atom. The summed E-state index contributed by atoms with van der Waals surface area (Å²) in [5.74, 6) is 0.746. The summed E-state index contributed by atoms with van der Waals surface area (Å²) in [6.07, 6.45) is 5.16. The molecular formula is C25H26ClN5O7S2. The van der Waals surface area contributed by atoms with Crippen molar-refractivity contribution < 1.29 is 31.7 Å². The van der Waals surface area contributed by atoms with Gasteiger partial charge >= 0.3 is 10.1 Å². The number of methoxy groups -OCH3 is 1. The average Bonchev–Trinajstić information content (AvgIpc) is 3.62. The number of aromatic nitrogens is 3. The Labute approximate surface area is 240 Å². The zero-order valence-corrected chi connectivity index (χ0v) is 24.0. The molecule has 0 N–H and O–H groups in total. The van der Waals surface area contributed by atoms with Crippen molar-refractivity contribution in [2.24, 2.45) is 5.16 Å². The molecule has 40 heavy (non-hydrogen) atoms. The maximum atomic E-state index is 12.6. The number of piperidine rings is 1. The Hall–Kier alpha value is -3.49. The molecule has 4 heterocycles. The van der Waals surface area contributed by atoms with Gasteiger partial charge in [0.05, 0.1) is 47.0 Å². The predicted octanol–water partition coefficient (Wildman–Crippen LogP) is 3.58. The van der Waals surface area contributed by atoms with Crippen molar-refractivity contribution >= 4 is 44.7 Å². The molecule has 212 valence electrons. The lowest BCUT2D eigenvalue weighted by Crippen LogP contribution is -2.40. The van der Waals surface area contributed by atoms with Crippen LogP contribution < -0.4 is 13.7 Å². The summed E-state index contributed by atoms with van der Waals surface area (Å²) in [6, 6.07) is 4.78. The lowest BCUT2D eigenvalue weighted by Gasteiger charge is -2.31. The molecule has 1 fully saturated rings. The van der Waals surface area contributed by atoms with Crippen molar-refractivity contribution in [1.29, 1.82) is 0 Å². The third-order valence-corrected chi connectivity index (χ3v) is 8.22. The van der Waals surface area contributed by atoms with Crippen molar-refractivity contribution in [3.63, 3.8) is 0 Å². The first-order valence-electron chi connectivity index (χ1n) is 12.3. The van der Waals surface area contributed by atoms with Gasteiger partial charge < -0.3 is 23.4 Å². The van der Waals surface area contributed by atoms with Crippen LogP contribution in [0.4, 0.5) is 0 Å². The number of likely N-dealkylation sites (tertiary alicyclic amines) is 1. The predicted molar refractivity (Wildman–Crippen MR) is 147 cm³/mol. The lowest BCUT2D eigenvalue weighted by molar-refractivity contribution is -0.134. The summed E-state index contributed by atoms with van der Waals surface area (Å²) in [7, 11) is -2.27. The molecule has 2 aliphatic heterocycles. The number of hydrogen-bond acceptors (Lipinski definition) is 12. The number of nitrogens with zero attached hydrogens (tertiary/aromatic N) is 5. The number of carbonyl (C=O) groups excluding carboxylic acids is 1. The smallest absolute Gasteiger partial charge is 0.306 e. The largest absolute Gasteiger partial charge is 0.480 e. The van der Waals surface area contributed by atoms with Gasteiger partial charge in [-0.1, -0.05) is 22.8 Å². The van der Waals surface area contributed by atoms with Crippen molar-refractivity contribution in [3.8, 4) is 17.5 Å². The monoisotopic (exact) mass is 607 g/mol. The van der Waals surface area contributed by atoms with E-state index in [4.69, 9.17) is 35.1 Å². The van der Waals surface area contributed by atoms with E-state index < -0.39 is 16.2 Å². The number of rotatable bonds is 9. The molecule has 0 radical (unpaired) electrons. The fourth-order valence-corrected chi connectivity index (χ4v) is 6.22. The van der Waals surface area contributed by atoms with E-state index in [1.165, 1.54) is 25.6 Å². The summed E-state index contributed by atoms with van der Waals surface area (Å²) in [5, 5.41) is 7.43. The molecule has 1 saturated heterocycles. The molecule has 15 heteroatoms. The van der Waals surface area contributed by atoms with Gasteiger partial charge in [0.1, 0.15) is 5.71 Å². The number of halogens is 1. The first kappa shape index (κ1) is 28.1. The van der Waals surface area contributed by atoms with E-state index in [9.17, 15) is 13.2 Å². The first-order valence-corrected chi connectivity index (χ1v) is 15.4. The van der Waals surface area contributed by atoms with Gasteiger partial charge in [-0.25, -0.2) is 4.98 Å². The maximum Gasteiger partial charge on any atom is 0.306 e. The first-order chi connectivity index (χ1) is 19.2. The normalized spacial score (nSPS) is 17.7. The van der Waals surface area contributed by atoms with Gasteiger partial charge in [-0.15, -0.1) is 11.3 Å². The molecule has 5 rings (SSSR count). The molecule has 0 spiro atoms. The third kappa shape index (κ3) is 6.62. The SMILES string of the molecule is COc1cncc(OCC(=O)N2CCC(c3nc(C4=NOC(c5c(Cl)cccc5OS(C)(=O)=O)C4)cs3)CC2)n1. The van der Waals surface area contributed by atoms with Crippen molar-refractivity contribution in [3.05, 3.63) is 57.3 Å². The second-order valence-electron chi connectivity index (χ2n) is 9.19. The summed E-state index contributed by atoms with van der Waals surface area (Å²) >= 11 is 7.91. The zero-order chi connectivity index (χ0) is 28.3. The van der Waals surface area contributed by atoms with E-state index in [1.807, 2.05) is 5.38 Å². The molecule has 1 amide bonds. The summed E-state index contributed by atoms with van der Waals surface area (Å²) in [5.41, 5.74) is 1.76. The van der Waals surface area contributed by atoms with Crippen molar-refractivity contribution in [1.82, 2.24) is 19.9 Å². The number of hydrogen-bond donors (Lipinski definition) is 0. The van der Waals surface area contributed by atoms with Crippen LogP contribution >= 0.6 is 22.9 Å². The van der Waals surface area contributed by atoms with E-state index in [0.717, 1.165) is 24.1 Å². The maximum absolute atomic E-state index is 12.6. The highest BCUT2D eigenvalue weighted by Crippen LogP contribution is 2.40. The molecule has 0 aliphatic carbocycles. The van der Waals surface area contributed by atoms with E-state index >= 15 is 0 Å². The Bertz CT molecular complexity index is 1520. The minimum absolute atomic E-state index is 0.110. The molecule has 2 aromatic heterocycles. The Balaban J connectivity index is 1.15. The highest BCUT2D eigenvalue weighted by atomic mass is 35.5. The Morgan fingerprint density at radius 3 is 2.73 bits per heavy atom. The van der Waals surface area contributed by atoms with Crippen LogP contribution in [0, 0.1) is 0 Å². The number of oxime groups is 1. The highest BCUT2D eigenvalue weighted by Gasteiger charge is 2.32. The van der Waals surface area contributed by atoms with Gasteiger partial charge in [-0.3, -0.25) is 9.78 Å². The van der Waals surface area contributed by atoms with Gasteiger partial charge in [0.15, 0.2) is 18.5 Å². The van der Waals surface area contributed by atoms with Gasteiger partial charge in [-0.2, -0.15) is 13.4 Å². The van der Waals surface area contributed by atoms with Crippen LogP contribution in [-0.4, -0.2) is 73.0 Å². The van der Waals surface area contributed by atoms with Crippen LogP contribution in [0.3, 0.4) is 0 Å². The van der Waals surface area contributed by atoms with Gasteiger partial charge in [0.2, 0.25) is 11.8 Å². The highest BCUT2D eigenvalue weighted by molar-refractivity contribution is 7.86. The number of amides is 1. The number of thiazole rings is 1. The number of benzene rings is 1. The molecule has 3 aromatic rings. The molecule has 0 bridgehead atoms. The summed E-state index contributed by atoms with van der Waals surface area (Å²) < 4.78 is 39.0. The number of ether oxygens (including phenoxy) is 2. The standard InChI is InChI=1S/C25H26ClN5O7S2/c1-35-21-11-27-12-22(29-21)36-13-23(32)31-8-6-15(7-9-31)25-28-18(14-39-25)17-10-20(37-30-17)24-16(26)4-3-5-19(24)38-40(2,33)34/h3-5,11-12,14-15,20H,6-10,13H2,1-2H3. The van der Waals surface area contributed by atoms with E-state index in [2.05, 4.69) is 15.1 Å². The molecule has 1 atom stereocenters. The van der Waals surface area contributed by atoms with Crippen LogP contribution in [0.25, 0.3) is 0 Å². The van der Waals surface area contributed by atoms with Crippen LogP contribution in [0.1, 0.15) is 47.5 Å². The molecule has 2 aliphatic rings. The van der Waals surface area contributed by atoms with Gasteiger partial charge in [0.25, 0.3) is 5.91 Å². The van der Waals surface area contributed by atoms with Crippen molar-refractivity contribution in [2.45, 2.75) is 31.3 Å². The van der Waals surface area contributed by atoms with Gasteiger partial charge in [0, 0.05) is 30.8 Å². The van der Waals surface area contributed by atoms with E-state index in [1.54, 1.807) is 28.4 Å². The molecule has 0 saturated carbocycles. The molecule has 1 unspecified atom stereocenters. The third-order valence-electron chi connectivity index (χ3n) is 6.40. The fourth-order valence-electron chi connectivity index (χ4n) is 4.46. The molecule has 12 nitrogen and oxygen atoms in total. The van der Waals surface area contributed by atoms with Crippen LogP contribution in [0.15, 0.2) is 41.1 Å². The summed E-state index contributed by atoms with van der Waals surface area (Å²) in [6.45, 7) is 1.05. The van der Waals surface area contributed by atoms with Crippen molar-refractivity contribution in [2.75, 3.05) is 33.1 Å². The van der Waals surface area contributed by atoms with E-state index in [-0.39, 0.29) is 30.1 Å².